The lowest BCUT2D eigenvalue weighted by atomic mass is 10.1. The maximum absolute atomic E-state index is 12.0. The van der Waals surface area contributed by atoms with E-state index in [0.717, 1.165) is 23.1 Å². The lowest BCUT2D eigenvalue weighted by molar-refractivity contribution is 0.162. The molecule has 5 heteroatoms. The molecule has 0 bridgehead atoms. The van der Waals surface area contributed by atoms with Crippen LogP contribution in [0, 0.1) is 0 Å². The molecule has 1 aromatic rings. The van der Waals surface area contributed by atoms with Gasteiger partial charge in [0.1, 0.15) is 0 Å². The summed E-state index contributed by atoms with van der Waals surface area (Å²) in [5.41, 5.74) is 0.355. The van der Waals surface area contributed by atoms with E-state index in [1.165, 1.54) is 19.9 Å². The second-order valence-corrected chi connectivity index (χ2v) is 5.75. The first-order chi connectivity index (χ1) is 9.49. The summed E-state index contributed by atoms with van der Waals surface area (Å²) in [5, 5.41) is 0. The van der Waals surface area contributed by atoms with Crippen LogP contribution in [0.25, 0.3) is 0 Å². The van der Waals surface area contributed by atoms with Gasteiger partial charge in [-0.1, -0.05) is 13.8 Å². The Morgan fingerprint density at radius 2 is 1.80 bits per heavy atom. The molecule has 0 radical (unpaired) electrons. The van der Waals surface area contributed by atoms with Crippen LogP contribution in [0.5, 0.6) is 0 Å². The van der Waals surface area contributed by atoms with Crippen molar-refractivity contribution in [2.45, 2.75) is 58.2 Å². The van der Waals surface area contributed by atoms with E-state index in [0.29, 0.717) is 18.6 Å². The zero-order valence-electron chi connectivity index (χ0n) is 12.9. The predicted molar refractivity (Wildman–Crippen MR) is 79.9 cm³/mol. The average molecular weight is 279 g/mol. The molecule has 5 nitrogen and oxygen atoms in total. The highest BCUT2D eigenvalue weighted by molar-refractivity contribution is 5.04. The first kappa shape index (κ1) is 15.0. The molecule has 0 unspecified atom stereocenters. The van der Waals surface area contributed by atoms with Crippen molar-refractivity contribution < 1.29 is 0 Å². The van der Waals surface area contributed by atoms with Crippen LogP contribution < -0.4 is 11.2 Å². The van der Waals surface area contributed by atoms with E-state index in [2.05, 4.69) is 18.7 Å². The number of rotatable bonds is 6. The molecule has 0 amide bonds. The lowest BCUT2D eigenvalue weighted by Gasteiger charge is -2.31. The topological polar surface area (TPSA) is 47.2 Å². The minimum Gasteiger partial charge on any atom is -0.299 e. The van der Waals surface area contributed by atoms with Crippen molar-refractivity contribution in [3.63, 3.8) is 0 Å². The Morgan fingerprint density at radius 1 is 1.20 bits per heavy atom. The van der Waals surface area contributed by atoms with Gasteiger partial charge in [0, 0.05) is 44.5 Å². The molecular weight excluding hydrogens is 254 g/mol. The van der Waals surface area contributed by atoms with Crippen LogP contribution >= 0.6 is 0 Å². The second kappa shape index (κ2) is 5.95. The van der Waals surface area contributed by atoms with Crippen LogP contribution in [0.3, 0.4) is 0 Å². The molecule has 112 valence electrons. The van der Waals surface area contributed by atoms with Crippen molar-refractivity contribution in [1.29, 1.82) is 0 Å². The van der Waals surface area contributed by atoms with Crippen molar-refractivity contribution in [3.05, 3.63) is 32.6 Å². The molecule has 1 aromatic heterocycles. The summed E-state index contributed by atoms with van der Waals surface area (Å²) >= 11 is 0. The number of hydrogen-bond acceptors (Lipinski definition) is 3. The van der Waals surface area contributed by atoms with E-state index in [9.17, 15) is 9.59 Å². The molecule has 0 aromatic carbocycles. The van der Waals surface area contributed by atoms with E-state index in [1.807, 2.05) is 0 Å². The quantitative estimate of drug-likeness (QED) is 0.787. The Morgan fingerprint density at radius 3 is 2.30 bits per heavy atom. The summed E-state index contributed by atoms with van der Waals surface area (Å²) in [5.74, 6) is 0. The van der Waals surface area contributed by atoms with Crippen molar-refractivity contribution in [1.82, 2.24) is 14.0 Å². The van der Waals surface area contributed by atoms with Crippen molar-refractivity contribution in [2.24, 2.45) is 14.1 Å². The summed E-state index contributed by atoms with van der Waals surface area (Å²) in [6.07, 6.45) is 4.67. The number of hydrogen-bond donors (Lipinski definition) is 0. The summed E-state index contributed by atoms with van der Waals surface area (Å²) in [6, 6.07) is 2.75. The molecule has 20 heavy (non-hydrogen) atoms. The van der Waals surface area contributed by atoms with Gasteiger partial charge in [-0.25, -0.2) is 4.79 Å². The Hall–Kier alpha value is -1.36. The number of nitrogens with zero attached hydrogens (tertiary/aromatic N) is 3. The third-order valence-electron chi connectivity index (χ3n) is 4.40. The maximum atomic E-state index is 12.0. The summed E-state index contributed by atoms with van der Waals surface area (Å²) in [6.45, 7) is 5.10. The Labute approximate surface area is 119 Å². The molecule has 0 atom stereocenters. The monoisotopic (exact) mass is 279 g/mol. The SMILES string of the molecule is CCC(CC)N(Cc1cc(=O)n(C)c(=O)n1C)C1CC1. The smallest absolute Gasteiger partial charge is 0.299 e. The standard InChI is InChI=1S/C15H25N3O2/c1-5-11(6-2)18(12-7-8-12)10-13-9-14(19)17(4)15(20)16(13)3/h9,11-12H,5-8,10H2,1-4H3. The second-order valence-electron chi connectivity index (χ2n) is 5.75. The zero-order chi connectivity index (χ0) is 14.9. The Balaban J connectivity index is 2.32. The van der Waals surface area contributed by atoms with Crippen molar-refractivity contribution in [3.8, 4) is 0 Å². The van der Waals surface area contributed by atoms with E-state index in [4.69, 9.17) is 0 Å². The van der Waals surface area contributed by atoms with Gasteiger partial charge in [0.05, 0.1) is 0 Å². The Kier molecular flexibility index (Phi) is 4.48. The first-order valence-corrected chi connectivity index (χ1v) is 7.51. The van der Waals surface area contributed by atoms with Crippen molar-refractivity contribution in [2.75, 3.05) is 0 Å². The summed E-state index contributed by atoms with van der Waals surface area (Å²) < 4.78 is 2.75. The largest absolute Gasteiger partial charge is 0.330 e. The Bertz CT molecular complexity index is 580. The van der Waals surface area contributed by atoms with Gasteiger partial charge in [0.25, 0.3) is 5.56 Å². The first-order valence-electron chi connectivity index (χ1n) is 7.51. The van der Waals surface area contributed by atoms with Gasteiger partial charge in [-0.15, -0.1) is 0 Å². The van der Waals surface area contributed by atoms with Crippen LogP contribution in [-0.2, 0) is 20.6 Å². The third-order valence-corrected chi connectivity index (χ3v) is 4.40. The van der Waals surface area contributed by atoms with E-state index in [1.54, 1.807) is 17.7 Å². The molecule has 1 aliphatic carbocycles. The van der Waals surface area contributed by atoms with E-state index >= 15 is 0 Å². The highest BCUT2D eigenvalue weighted by atomic mass is 16.2. The van der Waals surface area contributed by atoms with Crippen LogP contribution in [-0.4, -0.2) is 26.1 Å². The fourth-order valence-corrected chi connectivity index (χ4v) is 2.84. The fraction of sp³-hybridized carbons (Fsp3) is 0.733. The summed E-state index contributed by atoms with van der Waals surface area (Å²) in [7, 11) is 3.27. The minimum atomic E-state index is -0.243. The molecule has 0 N–H and O–H groups in total. The minimum absolute atomic E-state index is 0.219. The lowest BCUT2D eigenvalue weighted by Crippen LogP contribution is -2.42. The molecule has 1 aliphatic rings. The summed E-state index contributed by atoms with van der Waals surface area (Å²) in [4.78, 5) is 26.3. The number of aromatic nitrogens is 2. The molecular formula is C15H25N3O2. The van der Waals surface area contributed by atoms with E-state index < -0.39 is 0 Å². The third kappa shape index (κ3) is 2.87. The molecule has 0 spiro atoms. The van der Waals surface area contributed by atoms with Gasteiger partial charge < -0.3 is 0 Å². The van der Waals surface area contributed by atoms with Crippen LogP contribution in [0.4, 0.5) is 0 Å². The highest BCUT2D eigenvalue weighted by Crippen LogP contribution is 2.31. The molecule has 2 rings (SSSR count). The van der Waals surface area contributed by atoms with Gasteiger partial charge in [-0.3, -0.25) is 18.8 Å². The van der Waals surface area contributed by atoms with Gasteiger partial charge in [0.15, 0.2) is 0 Å². The predicted octanol–water partition coefficient (Wildman–Crippen LogP) is 1.24. The highest BCUT2D eigenvalue weighted by Gasteiger charge is 2.33. The molecule has 1 heterocycles. The van der Waals surface area contributed by atoms with Crippen LogP contribution in [0.2, 0.25) is 0 Å². The maximum Gasteiger partial charge on any atom is 0.330 e. The average Bonchev–Trinajstić information content (AvgIpc) is 3.26. The van der Waals surface area contributed by atoms with Crippen molar-refractivity contribution >= 4 is 0 Å². The van der Waals surface area contributed by atoms with Crippen LogP contribution in [0.15, 0.2) is 15.7 Å². The fourth-order valence-electron chi connectivity index (χ4n) is 2.84. The van der Waals surface area contributed by atoms with Gasteiger partial charge in [0.2, 0.25) is 0 Å². The normalized spacial score (nSPS) is 15.3. The van der Waals surface area contributed by atoms with Gasteiger partial charge >= 0.3 is 5.69 Å². The molecule has 0 saturated heterocycles. The molecule has 1 fully saturated rings. The molecule has 1 saturated carbocycles. The zero-order valence-corrected chi connectivity index (χ0v) is 12.9. The molecule has 0 aliphatic heterocycles. The van der Waals surface area contributed by atoms with Gasteiger partial charge in [-0.2, -0.15) is 0 Å². The van der Waals surface area contributed by atoms with Gasteiger partial charge in [-0.05, 0) is 25.7 Å². The van der Waals surface area contributed by atoms with Crippen LogP contribution in [0.1, 0.15) is 45.2 Å². The van der Waals surface area contributed by atoms with E-state index in [-0.39, 0.29) is 11.2 Å².